The normalized spacial score (nSPS) is 24.8. The lowest BCUT2D eigenvalue weighted by Gasteiger charge is -2.41. The van der Waals surface area contributed by atoms with Gasteiger partial charge in [-0.05, 0) is 20.8 Å². The zero-order valence-corrected chi connectivity index (χ0v) is 12.2. The van der Waals surface area contributed by atoms with Crippen LogP contribution in [0.2, 0.25) is 0 Å². The molecule has 2 heterocycles. The number of hydrogen-bond donors (Lipinski definition) is 0. The molecule has 0 N–H and O–H groups in total. The number of ether oxygens (including phenoxy) is 1. The second-order valence-corrected chi connectivity index (χ2v) is 6.42. The monoisotopic (exact) mass is 304 g/mol. The van der Waals surface area contributed by atoms with E-state index in [2.05, 4.69) is 0 Å². The van der Waals surface area contributed by atoms with Crippen molar-refractivity contribution < 1.29 is 27.9 Å². The minimum Gasteiger partial charge on any atom is -0.444 e. The second-order valence-electron chi connectivity index (χ2n) is 6.42. The van der Waals surface area contributed by atoms with Gasteiger partial charge in [0.2, 0.25) is 5.91 Å². The molecule has 0 radical (unpaired) electrons. The zero-order chi connectivity index (χ0) is 16.0. The zero-order valence-electron chi connectivity index (χ0n) is 12.2. The van der Waals surface area contributed by atoms with Gasteiger partial charge in [-0.3, -0.25) is 14.5 Å². The minimum atomic E-state index is -2.88. The summed E-state index contributed by atoms with van der Waals surface area (Å²) in [6.07, 6.45) is -0.931. The van der Waals surface area contributed by atoms with Gasteiger partial charge in [-0.2, -0.15) is 0 Å². The van der Waals surface area contributed by atoms with Crippen molar-refractivity contribution in [1.29, 1.82) is 0 Å². The molecule has 2 aliphatic rings. The highest BCUT2D eigenvalue weighted by Crippen LogP contribution is 2.29. The maximum absolute atomic E-state index is 12.8. The molecule has 118 valence electrons. The van der Waals surface area contributed by atoms with Crippen molar-refractivity contribution >= 4 is 17.8 Å². The summed E-state index contributed by atoms with van der Waals surface area (Å²) < 4.78 is 30.8. The van der Waals surface area contributed by atoms with E-state index in [9.17, 15) is 23.2 Å². The number of rotatable bonds is 1. The molecule has 0 aliphatic carbocycles. The van der Waals surface area contributed by atoms with Crippen LogP contribution in [0.1, 0.15) is 27.2 Å². The number of likely N-dealkylation sites (tertiary alicyclic amines) is 2. The van der Waals surface area contributed by atoms with E-state index in [1.54, 1.807) is 20.8 Å². The lowest BCUT2D eigenvalue weighted by Crippen LogP contribution is -2.62. The fourth-order valence-electron chi connectivity index (χ4n) is 2.30. The molecule has 2 amide bonds. The summed E-state index contributed by atoms with van der Waals surface area (Å²) in [7, 11) is 0. The van der Waals surface area contributed by atoms with Gasteiger partial charge in [0.1, 0.15) is 11.6 Å². The van der Waals surface area contributed by atoms with Crippen LogP contribution < -0.4 is 0 Å². The topological polar surface area (TPSA) is 66.9 Å². The molecule has 1 atom stereocenters. The highest BCUT2D eigenvalue weighted by Gasteiger charge is 2.51. The number of carbonyl (C=O) groups excluding carboxylic acids is 3. The average Bonchev–Trinajstić information content (AvgIpc) is 2.65. The molecule has 2 aliphatic heterocycles. The van der Waals surface area contributed by atoms with Crippen LogP contribution in [0.25, 0.3) is 0 Å². The smallest absolute Gasteiger partial charge is 0.411 e. The van der Waals surface area contributed by atoms with Gasteiger partial charge in [0.25, 0.3) is 5.92 Å². The van der Waals surface area contributed by atoms with Crippen molar-refractivity contribution in [2.75, 3.05) is 19.6 Å². The molecule has 0 spiro atoms. The SMILES string of the molecule is CC(C)(C)OC(=O)N1CC(=O)C[C@H]1C(=O)N1CC(F)(F)C1. The van der Waals surface area contributed by atoms with Crippen LogP contribution in [0.15, 0.2) is 0 Å². The summed E-state index contributed by atoms with van der Waals surface area (Å²) in [5.74, 6) is -3.79. The van der Waals surface area contributed by atoms with E-state index in [4.69, 9.17) is 4.74 Å². The Morgan fingerprint density at radius 1 is 1.29 bits per heavy atom. The third-order valence-corrected chi connectivity index (χ3v) is 3.21. The summed E-state index contributed by atoms with van der Waals surface area (Å²) in [4.78, 5) is 37.6. The average molecular weight is 304 g/mol. The van der Waals surface area contributed by atoms with Crippen molar-refractivity contribution in [3.05, 3.63) is 0 Å². The van der Waals surface area contributed by atoms with Crippen LogP contribution >= 0.6 is 0 Å². The van der Waals surface area contributed by atoms with Gasteiger partial charge in [-0.15, -0.1) is 0 Å². The van der Waals surface area contributed by atoms with E-state index < -0.39 is 42.7 Å². The summed E-state index contributed by atoms with van der Waals surface area (Å²) in [5, 5.41) is 0. The van der Waals surface area contributed by atoms with Crippen LogP contribution in [-0.2, 0) is 14.3 Å². The molecule has 21 heavy (non-hydrogen) atoms. The molecule has 0 aromatic rings. The second kappa shape index (κ2) is 4.92. The number of carbonyl (C=O) groups is 3. The Morgan fingerprint density at radius 2 is 1.86 bits per heavy atom. The first-order valence-corrected chi connectivity index (χ1v) is 6.66. The van der Waals surface area contributed by atoms with Crippen molar-refractivity contribution in [2.24, 2.45) is 0 Å². The predicted molar refractivity (Wildman–Crippen MR) is 67.9 cm³/mol. The lowest BCUT2D eigenvalue weighted by atomic mass is 10.1. The molecule has 0 saturated carbocycles. The predicted octanol–water partition coefficient (Wildman–Crippen LogP) is 1.04. The van der Waals surface area contributed by atoms with E-state index in [1.165, 1.54) is 0 Å². The number of halogens is 2. The van der Waals surface area contributed by atoms with Crippen LogP contribution in [0.5, 0.6) is 0 Å². The molecule has 8 heteroatoms. The Bertz CT molecular complexity index is 479. The van der Waals surface area contributed by atoms with Gasteiger partial charge in [0.05, 0.1) is 19.6 Å². The Hall–Kier alpha value is -1.73. The molecule has 0 aromatic heterocycles. The highest BCUT2D eigenvalue weighted by atomic mass is 19.3. The Labute approximate surface area is 121 Å². The van der Waals surface area contributed by atoms with Gasteiger partial charge in [0.15, 0.2) is 5.78 Å². The molecule has 6 nitrogen and oxygen atoms in total. The molecule has 2 saturated heterocycles. The summed E-state index contributed by atoms with van der Waals surface area (Å²) in [6, 6.07) is -1.04. The number of nitrogens with zero attached hydrogens (tertiary/aromatic N) is 2. The van der Waals surface area contributed by atoms with Gasteiger partial charge in [-0.1, -0.05) is 0 Å². The van der Waals surface area contributed by atoms with Gasteiger partial charge < -0.3 is 9.64 Å². The molecule has 0 aromatic carbocycles. The Balaban J connectivity index is 2.05. The quantitative estimate of drug-likeness (QED) is 0.726. The van der Waals surface area contributed by atoms with E-state index in [-0.39, 0.29) is 18.7 Å². The van der Waals surface area contributed by atoms with E-state index in [0.717, 1.165) is 9.80 Å². The third-order valence-electron chi connectivity index (χ3n) is 3.21. The largest absolute Gasteiger partial charge is 0.444 e. The van der Waals surface area contributed by atoms with E-state index >= 15 is 0 Å². The summed E-state index contributed by atoms with van der Waals surface area (Å²) in [5.41, 5.74) is -0.764. The number of Topliss-reactive ketones (excluding diaryl/α,β-unsaturated/α-hetero) is 1. The van der Waals surface area contributed by atoms with Gasteiger partial charge >= 0.3 is 6.09 Å². The molecule has 2 rings (SSSR count). The van der Waals surface area contributed by atoms with Crippen LogP contribution in [-0.4, -0.2) is 64.8 Å². The van der Waals surface area contributed by atoms with E-state index in [1.807, 2.05) is 0 Å². The Morgan fingerprint density at radius 3 is 2.33 bits per heavy atom. The number of amides is 2. The van der Waals surface area contributed by atoms with Gasteiger partial charge in [-0.25, -0.2) is 13.6 Å². The maximum Gasteiger partial charge on any atom is 0.411 e. The Kier molecular flexibility index (Phi) is 3.67. The first-order chi connectivity index (χ1) is 9.48. The molecule has 0 unspecified atom stereocenters. The van der Waals surface area contributed by atoms with Crippen LogP contribution in [0.4, 0.5) is 13.6 Å². The van der Waals surface area contributed by atoms with Gasteiger partial charge in [0, 0.05) is 6.42 Å². The first-order valence-electron chi connectivity index (χ1n) is 6.66. The van der Waals surface area contributed by atoms with Crippen molar-refractivity contribution in [3.8, 4) is 0 Å². The molecular weight excluding hydrogens is 286 g/mol. The fourth-order valence-corrected chi connectivity index (χ4v) is 2.30. The fraction of sp³-hybridized carbons (Fsp3) is 0.769. The molecule has 0 bridgehead atoms. The first kappa shape index (κ1) is 15.7. The molecule has 2 fully saturated rings. The lowest BCUT2D eigenvalue weighted by molar-refractivity contribution is -0.169. The number of ketones is 1. The standard InChI is InChI=1S/C13H18F2N2O4/c1-12(2,3)21-11(20)17-5-8(18)4-9(17)10(19)16-6-13(14,15)7-16/h9H,4-7H2,1-3H3/t9-/m0/s1. The number of alkyl halides is 2. The van der Waals surface area contributed by atoms with Crippen molar-refractivity contribution in [2.45, 2.75) is 44.8 Å². The third kappa shape index (κ3) is 3.48. The van der Waals surface area contributed by atoms with Crippen molar-refractivity contribution in [1.82, 2.24) is 9.80 Å². The molecular formula is C13H18F2N2O4. The van der Waals surface area contributed by atoms with Crippen LogP contribution in [0.3, 0.4) is 0 Å². The van der Waals surface area contributed by atoms with Crippen LogP contribution in [0, 0.1) is 0 Å². The number of hydrogen-bond acceptors (Lipinski definition) is 4. The highest BCUT2D eigenvalue weighted by molar-refractivity contribution is 5.97. The van der Waals surface area contributed by atoms with Crippen molar-refractivity contribution in [3.63, 3.8) is 0 Å². The minimum absolute atomic E-state index is 0.153. The maximum atomic E-state index is 12.8. The summed E-state index contributed by atoms with van der Waals surface area (Å²) in [6.45, 7) is 3.42. The summed E-state index contributed by atoms with van der Waals surface area (Å²) >= 11 is 0. The van der Waals surface area contributed by atoms with E-state index in [0.29, 0.717) is 0 Å².